The molecule has 3 aromatic rings. The van der Waals surface area contributed by atoms with Crippen LogP contribution in [0.2, 0.25) is 5.02 Å². The van der Waals surface area contributed by atoms with Crippen LogP contribution in [0.15, 0.2) is 71.2 Å². The summed E-state index contributed by atoms with van der Waals surface area (Å²) >= 11 is 9.58. The summed E-state index contributed by atoms with van der Waals surface area (Å²) in [5, 5.41) is 4.13. The Morgan fingerprint density at radius 1 is 0.926 bits per heavy atom. The molecule has 0 saturated carbocycles. The first kappa shape index (κ1) is 19.6. The van der Waals surface area contributed by atoms with E-state index in [1.165, 1.54) is 0 Å². The Labute approximate surface area is 173 Å². The SMILES string of the molecule is CCOc1cc(CNc2ccccc2)c(Br)cc1OCc1ccc(Cl)cc1. The maximum Gasteiger partial charge on any atom is 0.162 e. The zero-order valence-electron chi connectivity index (χ0n) is 15.0. The molecule has 0 radical (unpaired) electrons. The van der Waals surface area contributed by atoms with Gasteiger partial charge in [0.1, 0.15) is 6.61 Å². The molecule has 0 aliphatic heterocycles. The Morgan fingerprint density at radius 2 is 1.63 bits per heavy atom. The highest BCUT2D eigenvalue weighted by Gasteiger charge is 2.11. The highest BCUT2D eigenvalue weighted by atomic mass is 79.9. The van der Waals surface area contributed by atoms with Gasteiger partial charge in [0.25, 0.3) is 0 Å². The smallest absolute Gasteiger partial charge is 0.162 e. The van der Waals surface area contributed by atoms with E-state index in [4.69, 9.17) is 21.1 Å². The number of nitrogens with one attached hydrogen (secondary N) is 1. The molecule has 0 bridgehead atoms. The van der Waals surface area contributed by atoms with E-state index in [-0.39, 0.29) is 0 Å². The van der Waals surface area contributed by atoms with Crippen LogP contribution in [0.5, 0.6) is 11.5 Å². The molecule has 0 aromatic heterocycles. The number of halogens is 2. The van der Waals surface area contributed by atoms with Crippen molar-refractivity contribution in [2.45, 2.75) is 20.1 Å². The summed E-state index contributed by atoms with van der Waals surface area (Å²) in [6, 6.07) is 21.7. The predicted molar refractivity (Wildman–Crippen MR) is 115 cm³/mol. The van der Waals surface area contributed by atoms with Gasteiger partial charge in [-0.25, -0.2) is 0 Å². The minimum Gasteiger partial charge on any atom is -0.490 e. The van der Waals surface area contributed by atoms with Crippen molar-refractivity contribution < 1.29 is 9.47 Å². The first-order valence-corrected chi connectivity index (χ1v) is 9.94. The van der Waals surface area contributed by atoms with Gasteiger partial charge in [-0.05, 0) is 54.4 Å². The van der Waals surface area contributed by atoms with E-state index in [2.05, 4.69) is 21.2 Å². The fourth-order valence-electron chi connectivity index (χ4n) is 2.59. The number of anilines is 1. The second kappa shape index (κ2) is 9.67. The highest BCUT2D eigenvalue weighted by molar-refractivity contribution is 9.10. The van der Waals surface area contributed by atoms with Gasteiger partial charge >= 0.3 is 0 Å². The standard InChI is InChI=1S/C22H21BrClNO2/c1-2-26-21-12-17(14-25-19-6-4-3-5-7-19)20(23)13-22(21)27-15-16-8-10-18(24)11-9-16/h3-13,25H,2,14-15H2,1H3. The van der Waals surface area contributed by atoms with Gasteiger partial charge in [-0.1, -0.05) is 57.9 Å². The molecule has 0 unspecified atom stereocenters. The summed E-state index contributed by atoms with van der Waals surface area (Å²) in [5.41, 5.74) is 3.22. The third-order valence-corrected chi connectivity index (χ3v) is 4.97. The summed E-state index contributed by atoms with van der Waals surface area (Å²) in [6.07, 6.45) is 0. The fourth-order valence-corrected chi connectivity index (χ4v) is 3.18. The average molecular weight is 447 g/mol. The van der Waals surface area contributed by atoms with Crippen molar-refractivity contribution in [1.29, 1.82) is 0 Å². The van der Waals surface area contributed by atoms with Gasteiger partial charge in [-0.3, -0.25) is 0 Å². The molecular formula is C22H21BrClNO2. The Morgan fingerprint density at radius 3 is 2.33 bits per heavy atom. The largest absolute Gasteiger partial charge is 0.490 e. The van der Waals surface area contributed by atoms with Crippen LogP contribution in [-0.4, -0.2) is 6.61 Å². The van der Waals surface area contributed by atoms with Crippen LogP contribution in [0.4, 0.5) is 5.69 Å². The molecule has 0 fully saturated rings. The van der Waals surface area contributed by atoms with Crippen LogP contribution in [-0.2, 0) is 13.2 Å². The number of para-hydroxylation sites is 1. The second-order valence-electron chi connectivity index (χ2n) is 5.96. The molecule has 0 aliphatic carbocycles. The van der Waals surface area contributed by atoms with Crippen molar-refractivity contribution in [2.75, 3.05) is 11.9 Å². The first-order chi connectivity index (χ1) is 13.2. The monoisotopic (exact) mass is 445 g/mol. The molecular weight excluding hydrogens is 426 g/mol. The lowest BCUT2D eigenvalue weighted by Gasteiger charge is -2.16. The summed E-state index contributed by atoms with van der Waals surface area (Å²) < 4.78 is 12.8. The molecule has 3 rings (SSSR count). The topological polar surface area (TPSA) is 30.5 Å². The molecule has 0 saturated heterocycles. The Hall–Kier alpha value is -2.17. The Bertz CT molecular complexity index is 869. The van der Waals surface area contributed by atoms with Crippen LogP contribution in [0, 0.1) is 0 Å². The molecule has 0 atom stereocenters. The lowest BCUT2D eigenvalue weighted by atomic mass is 10.2. The van der Waals surface area contributed by atoms with E-state index in [1.807, 2.05) is 73.7 Å². The van der Waals surface area contributed by atoms with E-state index < -0.39 is 0 Å². The average Bonchev–Trinajstić information content (AvgIpc) is 2.69. The second-order valence-corrected chi connectivity index (χ2v) is 7.25. The van der Waals surface area contributed by atoms with E-state index >= 15 is 0 Å². The third-order valence-electron chi connectivity index (χ3n) is 3.98. The van der Waals surface area contributed by atoms with Crippen LogP contribution in [0.3, 0.4) is 0 Å². The van der Waals surface area contributed by atoms with Crippen molar-refractivity contribution in [3.05, 3.63) is 87.4 Å². The number of ether oxygens (including phenoxy) is 2. The zero-order chi connectivity index (χ0) is 19.1. The maximum absolute atomic E-state index is 6.00. The van der Waals surface area contributed by atoms with Crippen LogP contribution >= 0.6 is 27.5 Å². The van der Waals surface area contributed by atoms with Gasteiger partial charge in [0.2, 0.25) is 0 Å². The van der Waals surface area contributed by atoms with Crippen molar-refractivity contribution in [3.8, 4) is 11.5 Å². The van der Waals surface area contributed by atoms with Crippen molar-refractivity contribution in [2.24, 2.45) is 0 Å². The number of hydrogen-bond acceptors (Lipinski definition) is 3. The normalized spacial score (nSPS) is 10.5. The number of hydrogen-bond donors (Lipinski definition) is 1. The van der Waals surface area contributed by atoms with Crippen LogP contribution in [0.25, 0.3) is 0 Å². The van der Waals surface area contributed by atoms with Gasteiger partial charge in [-0.2, -0.15) is 0 Å². The summed E-state index contributed by atoms with van der Waals surface area (Å²) in [7, 11) is 0. The van der Waals surface area contributed by atoms with Crippen LogP contribution < -0.4 is 14.8 Å². The summed E-state index contributed by atoms with van der Waals surface area (Å²) in [5.74, 6) is 1.45. The minimum atomic E-state index is 0.450. The van der Waals surface area contributed by atoms with Gasteiger partial charge in [0.05, 0.1) is 6.61 Å². The van der Waals surface area contributed by atoms with E-state index in [1.54, 1.807) is 0 Å². The molecule has 3 aromatic carbocycles. The molecule has 5 heteroatoms. The molecule has 27 heavy (non-hydrogen) atoms. The van der Waals surface area contributed by atoms with Gasteiger partial charge in [-0.15, -0.1) is 0 Å². The molecule has 140 valence electrons. The Kier molecular flexibility index (Phi) is 7.02. The molecule has 0 spiro atoms. The lowest BCUT2D eigenvalue weighted by Crippen LogP contribution is -2.04. The molecule has 0 aliphatic rings. The van der Waals surface area contributed by atoms with Crippen molar-refractivity contribution in [3.63, 3.8) is 0 Å². The first-order valence-electron chi connectivity index (χ1n) is 8.77. The van der Waals surface area contributed by atoms with Gasteiger partial charge in [0, 0.05) is 21.7 Å². The molecule has 0 heterocycles. The van der Waals surface area contributed by atoms with E-state index in [0.717, 1.165) is 27.0 Å². The predicted octanol–water partition coefficient (Wildman–Crippen LogP) is 6.69. The third kappa shape index (κ3) is 5.65. The van der Waals surface area contributed by atoms with E-state index in [0.29, 0.717) is 30.5 Å². The number of rotatable bonds is 8. The van der Waals surface area contributed by atoms with Gasteiger partial charge in [0.15, 0.2) is 11.5 Å². The van der Waals surface area contributed by atoms with Crippen LogP contribution in [0.1, 0.15) is 18.1 Å². The lowest BCUT2D eigenvalue weighted by molar-refractivity contribution is 0.269. The Balaban J connectivity index is 1.73. The molecule has 0 amide bonds. The van der Waals surface area contributed by atoms with Gasteiger partial charge < -0.3 is 14.8 Å². The summed E-state index contributed by atoms with van der Waals surface area (Å²) in [6.45, 7) is 3.67. The minimum absolute atomic E-state index is 0.450. The number of benzene rings is 3. The molecule has 1 N–H and O–H groups in total. The quantitative estimate of drug-likeness (QED) is 0.418. The summed E-state index contributed by atoms with van der Waals surface area (Å²) in [4.78, 5) is 0. The fraction of sp³-hybridized carbons (Fsp3) is 0.182. The zero-order valence-corrected chi connectivity index (χ0v) is 17.4. The highest BCUT2D eigenvalue weighted by Crippen LogP contribution is 2.35. The molecule has 3 nitrogen and oxygen atoms in total. The maximum atomic E-state index is 6.00. The van der Waals surface area contributed by atoms with Crippen molar-refractivity contribution >= 4 is 33.2 Å². The van der Waals surface area contributed by atoms with Crippen molar-refractivity contribution in [1.82, 2.24) is 0 Å². The van der Waals surface area contributed by atoms with E-state index in [9.17, 15) is 0 Å².